The Kier molecular flexibility index (Phi) is 4.72. The van der Waals surface area contributed by atoms with Gasteiger partial charge in [-0.2, -0.15) is 0 Å². The van der Waals surface area contributed by atoms with Gasteiger partial charge in [0.25, 0.3) is 5.91 Å². The molecule has 0 fully saturated rings. The van der Waals surface area contributed by atoms with Crippen molar-refractivity contribution in [1.82, 2.24) is 4.98 Å². The monoisotopic (exact) mass is 440 g/mol. The fraction of sp³-hybridized carbons (Fsp3) is 0.0476. The number of carbonyl (C=O) groups excluding carboxylic acids is 1. The predicted octanol–water partition coefficient (Wildman–Crippen LogP) is 6.47. The second kappa shape index (κ2) is 7.18. The molecule has 0 saturated heterocycles. The molecule has 0 aliphatic rings. The number of hydrogen-bond acceptors (Lipinski definition) is 3. The highest BCUT2D eigenvalue weighted by Crippen LogP contribution is 2.31. The van der Waals surface area contributed by atoms with E-state index in [9.17, 15) is 4.79 Å². The van der Waals surface area contributed by atoms with E-state index in [1.807, 2.05) is 37.3 Å². The molecule has 6 heteroatoms. The highest BCUT2D eigenvalue weighted by atomic mass is 79.9. The van der Waals surface area contributed by atoms with E-state index in [2.05, 4.69) is 26.2 Å². The molecule has 0 radical (unpaired) electrons. The van der Waals surface area contributed by atoms with Gasteiger partial charge < -0.3 is 9.73 Å². The first-order chi connectivity index (χ1) is 13.0. The van der Waals surface area contributed by atoms with Crippen LogP contribution in [0.5, 0.6) is 0 Å². The second-order valence-electron chi connectivity index (χ2n) is 6.07. The molecule has 0 saturated carbocycles. The summed E-state index contributed by atoms with van der Waals surface area (Å²) < 4.78 is 6.78. The molecule has 0 aliphatic carbocycles. The zero-order chi connectivity index (χ0) is 19.0. The van der Waals surface area contributed by atoms with E-state index in [1.54, 1.807) is 30.3 Å². The maximum atomic E-state index is 12.5. The minimum atomic E-state index is -0.174. The number of nitrogens with one attached hydrogen (secondary N) is 1. The van der Waals surface area contributed by atoms with Crippen LogP contribution in [0.2, 0.25) is 5.02 Å². The molecule has 0 bridgehead atoms. The van der Waals surface area contributed by atoms with Gasteiger partial charge in [0.2, 0.25) is 5.89 Å². The smallest absolute Gasteiger partial charge is 0.255 e. The molecule has 1 heterocycles. The van der Waals surface area contributed by atoms with Crippen LogP contribution in [-0.4, -0.2) is 10.9 Å². The molecule has 0 unspecified atom stereocenters. The Morgan fingerprint density at radius 1 is 1.11 bits per heavy atom. The summed E-state index contributed by atoms with van der Waals surface area (Å²) in [6.07, 6.45) is 0. The number of rotatable bonds is 3. The molecule has 134 valence electrons. The first-order valence-corrected chi connectivity index (χ1v) is 9.41. The Morgan fingerprint density at radius 2 is 1.89 bits per heavy atom. The second-order valence-corrected chi connectivity index (χ2v) is 7.42. The third-order valence-corrected chi connectivity index (χ3v) is 5.03. The summed E-state index contributed by atoms with van der Waals surface area (Å²) in [6.45, 7) is 1.92. The molecule has 3 aromatic carbocycles. The zero-order valence-electron chi connectivity index (χ0n) is 14.3. The Bertz CT molecular complexity index is 1150. The van der Waals surface area contributed by atoms with Crippen molar-refractivity contribution in [1.29, 1.82) is 0 Å². The summed E-state index contributed by atoms with van der Waals surface area (Å²) in [6, 6.07) is 18.2. The topological polar surface area (TPSA) is 55.1 Å². The molecule has 4 rings (SSSR count). The van der Waals surface area contributed by atoms with Crippen molar-refractivity contribution >= 4 is 50.2 Å². The summed E-state index contributed by atoms with van der Waals surface area (Å²) in [5.74, 6) is 0.316. The van der Waals surface area contributed by atoms with E-state index in [0.29, 0.717) is 33.3 Å². The van der Waals surface area contributed by atoms with Gasteiger partial charge in [0.1, 0.15) is 5.52 Å². The van der Waals surface area contributed by atoms with Crippen LogP contribution in [-0.2, 0) is 0 Å². The number of carbonyl (C=O) groups is 1. The average Bonchev–Trinajstić information content (AvgIpc) is 3.06. The lowest BCUT2D eigenvalue weighted by molar-refractivity contribution is 0.102. The number of oxazole rings is 1. The molecular weight excluding hydrogens is 428 g/mol. The fourth-order valence-corrected chi connectivity index (χ4v) is 3.24. The zero-order valence-corrected chi connectivity index (χ0v) is 16.6. The van der Waals surface area contributed by atoms with Crippen LogP contribution in [0, 0.1) is 6.92 Å². The van der Waals surface area contributed by atoms with E-state index in [0.717, 1.165) is 15.6 Å². The minimum absolute atomic E-state index is 0.174. The largest absolute Gasteiger partial charge is 0.436 e. The Morgan fingerprint density at radius 3 is 2.67 bits per heavy atom. The summed E-state index contributed by atoms with van der Waals surface area (Å²) in [7, 11) is 0. The molecule has 27 heavy (non-hydrogen) atoms. The van der Waals surface area contributed by atoms with E-state index < -0.39 is 0 Å². The van der Waals surface area contributed by atoms with E-state index in [4.69, 9.17) is 16.0 Å². The van der Waals surface area contributed by atoms with Crippen LogP contribution in [0.4, 0.5) is 5.69 Å². The van der Waals surface area contributed by atoms with Crippen molar-refractivity contribution < 1.29 is 9.21 Å². The number of nitrogens with zero attached hydrogens (tertiary/aromatic N) is 1. The van der Waals surface area contributed by atoms with E-state index in [-0.39, 0.29) is 5.91 Å². The standard InChI is InChI=1S/C21H14BrClN2O2/c1-12-16(21-25-18-11-15(23)9-10-19(18)27-21)3-2-4-17(12)24-20(26)13-5-7-14(22)8-6-13/h2-11H,1H3,(H,24,26). The maximum Gasteiger partial charge on any atom is 0.255 e. The number of halogens is 2. The van der Waals surface area contributed by atoms with Crippen molar-refractivity contribution in [2.75, 3.05) is 5.32 Å². The van der Waals surface area contributed by atoms with Gasteiger partial charge in [-0.1, -0.05) is 33.6 Å². The summed E-state index contributed by atoms with van der Waals surface area (Å²) >= 11 is 9.39. The molecule has 4 aromatic rings. The SMILES string of the molecule is Cc1c(NC(=O)c2ccc(Br)cc2)cccc1-c1nc2cc(Cl)ccc2o1. The summed E-state index contributed by atoms with van der Waals surface area (Å²) in [4.78, 5) is 17.0. The number of fused-ring (bicyclic) bond motifs is 1. The molecule has 0 aliphatic heterocycles. The van der Waals surface area contributed by atoms with Crippen molar-refractivity contribution in [3.63, 3.8) is 0 Å². The van der Waals surface area contributed by atoms with Gasteiger partial charge in [-0.25, -0.2) is 4.98 Å². The molecule has 4 nitrogen and oxygen atoms in total. The van der Waals surface area contributed by atoms with Crippen LogP contribution in [0.15, 0.2) is 69.6 Å². The highest BCUT2D eigenvalue weighted by Gasteiger charge is 2.15. The van der Waals surface area contributed by atoms with Gasteiger partial charge in [-0.15, -0.1) is 0 Å². The van der Waals surface area contributed by atoms with Gasteiger partial charge in [0.15, 0.2) is 5.58 Å². The first kappa shape index (κ1) is 17.8. The lowest BCUT2D eigenvalue weighted by Gasteiger charge is -2.11. The van der Waals surface area contributed by atoms with Crippen molar-refractivity contribution in [2.45, 2.75) is 6.92 Å². The summed E-state index contributed by atoms with van der Waals surface area (Å²) in [5.41, 5.74) is 4.34. The Labute approximate surface area is 169 Å². The summed E-state index contributed by atoms with van der Waals surface area (Å²) in [5, 5.41) is 3.56. The van der Waals surface area contributed by atoms with Crippen LogP contribution in [0.3, 0.4) is 0 Å². The number of aromatic nitrogens is 1. The maximum absolute atomic E-state index is 12.5. The van der Waals surface area contributed by atoms with Crippen LogP contribution < -0.4 is 5.32 Å². The first-order valence-electron chi connectivity index (χ1n) is 8.24. The van der Waals surface area contributed by atoms with Gasteiger partial charge in [-0.05, 0) is 67.1 Å². The number of benzene rings is 3. The van der Waals surface area contributed by atoms with E-state index in [1.165, 1.54) is 0 Å². The third-order valence-electron chi connectivity index (χ3n) is 4.27. The molecular formula is C21H14BrClN2O2. The van der Waals surface area contributed by atoms with Gasteiger partial charge in [0.05, 0.1) is 0 Å². The van der Waals surface area contributed by atoms with Crippen LogP contribution in [0.1, 0.15) is 15.9 Å². The lowest BCUT2D eigenvalue weighted by Crippen LogP contribution is -2.12. The van der Waals surface area contributed by atoms with Crippen molar-refractivity contribution in [2.24, 2.45) is 0 Å². The molecule has 0 spiro atoms. The molecule has 1 amide bonds. The Hall–Kier alpha value is -2.63. The third kappa shape index (κ3) is 3.61. The number of amides is 1. The number of anilines is 1. The number of hydrogen-bond donors (Lipinski definition) is 1. The van der Waals surface area contributed by atoms with Crippen LogP contribution in [0.25, 0.3) is 22.6 Å². The van der Waals surface area contributed by atoms with Gasteiger partial charge in [0, 0.05) is 26.3 Å². The quantitative estimate of drug-likeness (QED) is 0.396. The average molecular weight is 442 g/mol. The fourth-order valence-electron chi connectivity index (χ4n) is 2.81. The molecule has 1 N–H and O–H groups in total. The van der Waals surface area contributed by atoms with Gasteiger partial charge >= 0.3 is 0 Å². The minimum Gasteiger partial charge on any atom is -0.436 e. The molecule has 0 atom stereocenters. The van der Waals surface area contributed by atoms with Crippen molar-refractivity contribution in [3.05, 3.63) is 81.3 Å². The normalized spacial score (nSPS) is 10.9. The Balaban J connectivity index is 1.67. The van der Waals surface area contributed by atoms with Crippen molar-refractivity contribution in [3.8, 4) is 11.5 Å². The highest BCUT2D eigenvalue weighted by molar-refractivity contribution is 9.10. The predicted molar refractivity (Wildman–Crippen MR) is 111 cm³/mol. The molecule has 1 aromatic heterocycles. The van der Waals surface area contributed by atoms with Crippen LogP contribution >= 0.6 is 27.5 Å². The van der Waals surface area contributed by atoms with E-state index >= 15 is 0 Å². The van der Waals surface area contributed by atoms with Gasteiger partial charge in [-0.3, -0.25) is 4.79 Å². The lowest BCUT2D eigenvalue weighted by atomic mass is 10.1.